The zero-order valence-corrected chi connectivity index (χ0v) is 11.8. The molecule has 0 fully saturated rings. The summed E-state index contributed by atoms with van der Waals surface area (Å²) in [5.41, 5.74) is 13.0. The second-order valence-corrected chi connectivity index (χ2v) is 4.38. The van der Waals surface area contributed by atoms with Crippen LogP contribution >= 0.6 is 0 Å². The lowest BCUT2D eigenvalue weighted by Crippen LogP contribution is -2.16. The third-order valence-corrected chi connectivity index (χ3v) is 2.69. The van der Waals surface area contributed by atoms with Crippen molar-refractivity contribution in [3.63, 3.8) is 0 Å². The second kappa shape index (κ2) is 8.65. The smallest absolute Gasteiger partial charge is 0.258 e. The third-order valence-electron chi connectivity index (χ3n) is 2.69. The number of carbonyl (C=O) groups excluding carboxylic acids is 1. The van der Waals surface area contributed by atoms with Crippen molar-refractivity contribution in [1.29, 1.82) is 0 Å². The summed E-state index contributed by atoms with van der Waals surface area (Å²) in [5, 5.41) is 2.69. The predicted octanol–water partition coefficient (Wildman–Crippen LogP) is 1.66. The maximum Gasteiger partial charge on any atom is 0.258 e. The van der Waals surface area contributed by atoms with E-state index in [4.69, 9.17) is 11.5 Å². The Kier molecular flexibility index (Phi) is 6.83. The minimum Gasteiger partial charge on any atom is -0.404 e. The number of benzene rings is 1. The van der Waals surface area contributed by atoms with Crippen LogP contribution in [0.2, 0.25) is 0 Å². The molecule has 0 radical (unpaired) electrons. The van der Waals surface area contributed by atoms with Crippen LogP contribution in [0.5, 0.6) is 0 Å². The quantitative estimate of drug-likeness (QED) is 0.549. The van der Waals surface area contributed by atoms with Crippen molar-refractivity contribution in [2.24, 2.45) is 16.5 Å². The number of carbonyl (C=O) groups is 1. The van der Waals surface area contributed by atoms with Crippen molar-refractivity contribution >= 4 is 17.8 Å². The molecule has 5 nitrogen and oxygen atoms in total. The number of hydrogen-bond donors (Lipinski definition) is 3. The minimum atomic E-state index is -0.386. The fraction of sp³-hybridized carbons (Fsp3) is 0.200. The highest BCUT2D eigenvalue weighted by Gasteiger charge is 2.07. The first-order valence-electron chi connectivity index (χ1n) is 6.38. The van der Waals surface area contributed by atoms with Crippen LogP contribution in [-0.2, 0) is 4.79 Å². The Morgan fingerprint density at radius 3 is 2.57 bits per heavy atom. The molecule has 0 aliphatic heterocycles. The standard InChI is InChI=1S/C15H19FN4O/c1-11-2-4-14(5-3-11)20-15(21)13(8-18)10-19-9-12(6-16)7-17/h2-6,8,10H,7,9,17-18H2,1H3,(H,20,21)/b12-6+,13-8?,19-10?. The fourth-order valence-corrected chi connectivity index (χ4v) is 1.42. The molecule has 0 heterocycles. The van der Waals surface area contributed by atoms with Crippen molar-refractivity contribution in [3.8, 4) is 0 Å². The largest absolute Gasteiger partial charge is 0.404 e. The number of aliphatic imine (C=N–C) groups is 1. The van der Waals surface area contributed by atoms with Crippen molar-refractivity contribution < 1.29 is 9.18 Å². The first kappa shape index (κ1) is 16.6. The zero-order chi connectivity index (χ0) is 15.7. The maximum absolute atomic E-state index is 12.3. The molecule has 0 aliphatic rings. The van der Waals surface area contributed by atoms with Gasteiger partial charge in [0.05, 0.1) is 18.4 Å². The number of anilines is 1. The summed E-state index contributed by atoms with van der Waals surface area (Å²) in [5.74, 6) is -0.386. The summed E-state index contributed by atoms with van der Waals surface area (Å²) in [4.78, 5) is 15.9. The Bertz CT molecular complexity index is 562. The van der Waals surface area contributed by atoms with Crippen molar-refractivity contribution in [1.82, 2.24) is 0 Å². The van der Waals surface area contributed by atoms with Gasteiger partial charge in [-0.3, -0.25) is 9.79 Å². The molecule has 0 unspecified atom stereocenters. The lowest BCUT2D eigenvalue weighted by Gasteiger charge is -2.05. The number of halogens is 1. The number of nitrogens with one attached hydrogen (secondary N) is 1. The SMILES string of the molecule is Cc1ccc(NC(=O)C(C=NC/C(=C/F)CN)=CN)cc1. The van der Waals surface area contributed by atoms with Crippen LogP contribution in [0.1, 0.15) is 5.56 Å². The minimum absolute atomic E-state index is 0.0745. The highest BCUT2D eigenvalue weighted by molar-refractivity contribution is 6.17. The molecule has 0 saturated heterocycles. The first-order valence-corrected chi connectivity index (χ1v) is 6.38. The van der Waals surface area contributed by atoms with Gasteiger partial charge in [-0.1, -0.05) is 17.7 Å². The van der Waals surface area contributed by atoms with E-state index in [-0.39, 0.29) is 24.6 Å². The van der Waals surface area contributed by atoms with E-state index >= 15 is 0 Å². The molecule has 112 valence electrons. The molecule has 0 aromatic heterocycles. The Morgan fingerprint density at radius 1 is 1.38 bits per heavy atom. The third kappa shape index (κ3) is 5.58. The summed E-state index contributed by atoms with van der Waals surface area (Å²) in [7, 11) is 0. The number of hydrogen-bond acceptors (Lipinski definition) is 4. The zero-order valence-electron chi connectivity index (χ0n) is 11.8. The highest BCUT2D eigenvalue weighted by atomic mass is 19.1. The Morgan fingerprint density at radius 2 is 2.05 bits per heavy atom. The van der Waals surface area contributed by atoms with Crippen molar-refractivity contribution in [2.75, 3.05) is 18.4 Å². The topological polar surface area (TPSA) is 93.5 Å². The number of rotatable bonds is 6. The van der Waals surface area contributed by atoms with E-state index in [0.29, 0.717) is 17.6 Å². The molecule has 21 heavy (non-hydrogen) atoms. The number of nitrogens with two attached hydrogens (primary N) is 2. The predicted molar refractivity (Wildman–Crippen MR) is 83.7 cm³/mol. The molecule has 6 heteroatoms. The Balaban J connectivity index is 2.66. The number of amides is 1. The molecule has 1 rings (SSSR count). The van der Waals surface area contributed by atoms with Gasteiger partial charge in [-0.2, -0.15) is 0 Å². The summed E-state index contributed by atoms with van der Waals surface area (Å²) < 4.78 is 12.3. The average molecular weight is 290 g/mol. The molecule has 1 aromatic rings. The van der Waals surface area contributed by atoms with E-state index in [1.54, 1.807) is 12.1 Å². The van der Waals surface area contributed by atoms with Crippen LogP contribution in [0.4, 0.5) is 10.1 Å². The highest BCUT2D eigenvalue weighted by Crippen LogP contribution is 2.09. The molecule has 0 spiro atoms. The monoisotopic (exact) mass is 290 g/mol. The van der Waals surface area contributed by atoms with Gasteiger partial charge in [-0.15, -0.1) is 0 Å². The van der Waals surface area contributed by atoms with Crippen LogP contribution in [0, 0.1) is 6.92 Å². The summed E-state index contributed by atoms with van der Waals surface area (Å²) in [6.45, 7) is 2.12. The Labute approximate surface area is 123 Å². The van der Waals surface area contributed by atoms with Crippen LogP contribution in [0.15, 0.2) is 52.9 Å². The van der Waals surface area contributed by atoms with E-state index < -0.39 is 0 Å². The molecule has 5 N–H and O–H groups in total. The van der Waals surface area contributed by atoms with E-state index in [9.17, 15) is 9.18 Å². The van der Waals surface area contributed by atoms with Gasteiger partial charge in [0, 0.05) is 24.6 Å². The summed E-state index contributed by atoms with van der Waals surface area (Å²) >= 11 is 0. The van der Waals surface area contributed by atoms with Crippen LogP contribution in [0.3, 0.4) is 0 Å². The van der Waals surface area contributed by atoms with Gasteiger partial charge in [0.1, 0.15) is 0 Å². The molecule has 0 aliphatic carbocycles. The van der Waals surface area contributed by atoms with Gasteiger partial charge in [0.25, 0.3) is 5.91 Å². The second-order valence-electron chi connectivity index (χ2n) is 4.38. The number of nitrogens with zero attached hydrogens (tertiary/aromatic N) is 1. The molecular weight excluding hydrogens is 271 g/mol. The van der Waals surface area contributed by atoms with Gasteiger partial charge < -0.3 is 16.8 Å². The lowest BCUT2D eigenvalue weighted by molar-refractivity contribution is -0.112. The summed E-state index contributed by atoms with van der Waals surface area (Å²) in [6.07, 6.45) is 2.85. The average Bonchev–Trinajstić information content (AvgIpc) is 2.50. The normalized spacial score (nSPS) is 12.7. The van der Waals surface area contributed by atoms with Gasteiger partial charge in [0.15, 0.2) is 0 Å². The van der Waals surface area contributed by atoms with E-state index in [1.807, 2.05) is 19.1 Å². The summed E-state index contributed by atoms with van der Waals surface area (Å²) in [6, 6.07) is 7.35. The molecule has 1 aromatic carbocycles. The molecule has 0 atom stereocenters. The van der Waals surface area contributed by atoms with Crippen molar-refractivity contribution in [3.05, 3.63) is 53.5 Å². The van der Waals surface area contributed by atoms with Gasteiger partial charge in [-0.25, -0.2) is 4.39 Å². The number of aryl methyl sites for hydroxylation is 1. The van der Waals surface area contributed by atoms with Crippen LogP contribution < -0.4 is 16.8 Å². The van der Waals surface area contributed by atoms with Crippen molar-refractivity contribution in [2.45, 2.75) is 6.92 Å². The van der Waals surface area contributed by atoms with E-state index in [2.05, 4.69) is 10.3 Å². The Hall–Kier alpha value is -2.47. The van der Waals surface area contributed by atoms with Gasteiger partial charge in [-0.05, 0) is 24.6 Å². The van der Waals surface area contributed by atoms with Gasteiger partial charge in [0.2, 0.25) is 0 Å². The van der Waals surface area contributed by atoms with E-state index in [1.165, 1.54) is 6.21 Å². The maximum atomic E-state index is 12.3. The van der Waals surface area contributed by atoms with E-state index in [0.717, 1.165) is 11.8 Å². The molecule has 0 bridgehead atoms. The van der Waals surface area contributed by atoms with Crippen LogP contribution in [0.25, 0.3) is 0 Å². The molecule has 1 amide bonds. The van der Waals surface area contributed by atoms with Crippen LogP contribution in [-0.4, -0.2) is 25.2 Å². The van der Waals surface area contributed by atoms with Gasteiger partial charge >= 0.3 is 0 Å². The fourth-order valence-electron chi connectivity index (χ4n) is 1.42. The molecule has 0 saturated carbocycles. The first-order chi connectivity index (χ1) is 10.1. The lowest BCUT2D eigenvalue weighted by atomic mass is 10.2. The molecular formula is C15H19FN4O.